The fourth-order valence-electron chi connectivity index (χ4n) is 1.30. The lowest BCUT2D eigenvalue weighted by Crippen LogP contribution is -2.27. The van der Waals surface area contributed by atoms with E-state index in [1.165, 1.54) is 31.3 Å². The van der Waals surface area contributed by atoms with Gasteiger partial charge in [0.2, 0.25) is 10.0 Å². The molecule has 1 rings (SSSR count). The highest BCUT2D eigenvalue weighted by atomic mass is 32.2. The molecule has 0 fully saturated rings. The van der Waals surface area contributed by atoms with Gasteiger partial charge in [0, 0.05) is 13.6 Å². The Balaban J connectivity index is 2.68. The molecule has 1 amide bonds. The first-order chi connectivity index (χ1) is 9.35. The first-order valence-electron chi connectivity index (χ1n) is 6.28. The van der Waals surface area contributed by atoms with Crippen LogP contribution in [0.5, 0.6) is 5.75 Å². The topological polar surface area (TPSA) is 84.5 Å². The van der Waals surface area contributed by atoms with Gasteiger partial charge in [0.05, 0.1) is 4.90 Å². The summed E-state index contributed by atoms with van der Waals surface area (Å²) in [5, 5.41) is 2.43. The second-order valence-corrected chi connectivity index (χ2v) is 6.45. The van der Waals surface area contributed by atoms with Crippen LogP contribution in [0.1, 0.15) is 13.8 Å². The predicted molar refractivity (Wildman–Crippen MR) is 76.0 cm³/mol. The average Bonchev–Trinajstić information content (AvgIpc) is 2.43. The van der Waals surface area contributed by atoms with Crippen molar-refractivity contribution in [2.75, 3.05) is 20.2 Å². The molecule has 0 aromatic heterocycles. The summed E-state index contributed by atoms with van der Waals surface area (Å²) in [5.41, 5.74) is 0. The van der Waals surface area contributed by atoms with E-state index < -0.39 is 10.0 Å². The van der Waals surface area contributed by atoms with Gasteiger partial charge in [-0.2, -0.15) is 0 Å². The molecule has 112 valence electrons. The Morgan fingerprint density at radius 3 is 2.35 bits per heavy atom. The first-order valence-corrected chi connectivity index (χ1v) is 7.76. The number of likely N-dealkylation sites (N-methyl/N-ethyl adjacent to an activating group) is 1. The fraction of sp³-hybridized carbons (Fsp3) is 0.462. The smallest absolute Gasteiger partial charge is 0.257 e. The van der Waals surface area contributed by atoms with Crippen LogP contribution in [0.3, 0.4) is 0 Å². The van der Waals surface area contributed by atoms with Gasteiger partial charge in [-0.3, -0.25) is 4.79 Å². The zero-order chi connectivity index (χ0) is 15.2. The van der Waals surface area contributed by atoms with Crippen LogP contribution in [0.4, 0.5) is 0 Å². The average molecular weight is 300 g/mol. The van der Waals surface area contributed by atoms with Gasteiger partial charge in [-0.05, 0) is 30.2 Å². The molecule has 6 nitrogen and oxygen atoms in total. The van der Waals surface area contributed by atoms with Gasteiger partial charge in [-0.15, -0.1) is 0 Å². The van der Waals surface area contributed by atoms with E-state index in [-0.39, 0.29) is 23.3 Å². The van der Waals surface area contributed by atoms with Gasteiger partial charge in [-0.25, -0.2) is 13.1 Å². The van der Waals surface area contributed by atoms with Crippen molar-refractivity contribution in [1.29, 1.82) is 0 Å². The van der Waals surface area contributed by atoms with Crippen molar-refractivity contribution in [3.8, 4) is 5.75 Å². The maximum atomic E-state index is 11.9. The zero-order valence-corrected chi connectivity index (χ0v) is 12.7. The van der Waals surface area contributed by atoms with Crippen molar-refractivity contribution in [3.05, 3.63) is 24.3 Å². The third-order valence-corrected chi connectivity index (χ3v) is 3.90. The Morgan fingerprint density at radius 1 is 1.25 bits per heavy atom. The van der Waals surface area contributed by atoms with E-state index in [0.717, 1.165) is 0 Å². The first kappa shape index (κ1) is 16.5. The molecule has 7 heteroatoms. The predicted octanol–water partition coefficient (Wildman–Crippen LogP) is 0.746. The van der Waals surface area contributed by atoms with E-state index in [1.807, 2.05) is 13.8 Å². The van der Waals surface area contributed by atoms with Gasteiger partial charge in [0.15, 0.2) is 6.61 Å². The number of sulfonamides is 1. The fourth-order valence-corrected chi connectivity index (χ4v) is 2.51. The highest BCUT2D eigenvalue weighted by Crippen LogP contribution is 2.15. The second-order valence-electron chi connectivity index (χ2n) is 4.68. The highest BCUT2D eigenvalue weighted by Gasteiger charge is 2.14. The molecule has 0 aliphatic rings. The molecule has 0 unspecified atom stereocenters. The lowest BCUT2D eigenvalue weighted by molar-refractivity contribution is -0.122. The van der Waals surface area contributed by atoms with E-state index in [4.69, 9.17) is 4.74 Å². The van der Waals surface area contributed by atoms with Crippen LogP contribution in [-0.2, 0) is 14.8 Å². The molecule has 1 aromatic carbocycles. The van der Waals surface area contributed by atoms with Crippen LogP contribution < -0.4 is 14.8 Å². The molecule has 0 aliphatic carbocycles. The molecule has 20 heavy (non-hydrogen) atoms. The van der Waals surface area contributed by atoms with E-state index >= 15 is 0 Å². The van der Waals surface area contributed by atoms with Gasteiger partial charge < -0.3 is 10.1 Å². The molecule has 0 aliphatic heterocycles. The number of ether oxygens (including phenoxy) is 1. The number of hydrogen-bond donors (Lipinski definition) is 2. The number of nitrogens with one attached hydrogen (secondary N) is 2. The van der Waals surface area contributed by atoms with E-state index in [9.17, 15) is 13.2 Å². The van der Waals surface area contributed by atoms with E-state index in [1.54, 1.807) is 0 Å². The summed E-state index contributed by atoms with van der Waals surface area (Å²) in [6, 6.07) is 5.93. The van der Waals surface area contributed by atoms with Gasteiger partial charge in [0.25, 0.3) is 5.91 Å². The Hall–Kier alpha value is -1.60. The summed E-state index contributed by atoms with van der Waals surface area (Å²) in [4.78, 5) is 11.2. The van der Waals surface area contributed by atoms with E-state index in [2.05, 4.69) is 10.0 Å². The molecule has 0 bridgehead atoms. The maximum absolute atomic E-state index is 11.9. The van der Waals surface area contributed by atoms with E-state index in [0.29, 0.717) is 12.3 Å². The van der Waals surface area contributed by atoms with Crippen molar-refractivity contribution >= 4 is 15.9 Å². The molecule has 2 N–H and O–H groups in total. The second kappa shape index (κ2) is 7.25. The molecule has 0 radical (unpaired) electrons. The Kier molecular flexibility index (Phi) is 5.97. The quantitative estimate of drug-likeness (QED) is 0.778. The molecule has 0 atom stereocenters. The normalized spacial score (nSPS) is 11.4. The Bertz CT molecular complexity index is 538. The minimum atomic E-state index is -3.49. The number of benzene rings is 1. The van der Waals surface area contributed by atoms with Crippen molar-refractivity contribution in [1.82, 2.24) is 10.0 Å². The van der Waals surface area contributed by atoms with Crippen LogP contribution in [0, 0.1) is 5.92 Å². The highest BCUT2D eigenvalue weighted by molar-refractivity contribution is 7.89. The number of carbonyl (C=O) groups is 1. The van der Waals surface area contributed by atoms with Gasteiger partial charge in [-0.1, -0.05) is 13.8 Å². The molecular formula is C13H20N2O4S. The van der Waals surface area contributed by atoms with Crippen LogP contribution in [0.2, 0.25) is 0 Å². The molecule has 1 aromatic rings. The van der Waals surface area contributed by atoms with Crippen LogP contribution in [0.15, 0.2) is 29.2 Å². The summed E-state index contributed by atoms with van der Waals surface area (Å²) in [6.45, 7) is 4.14. The maximum Gasteiger partial charge on any atom is 0.257 e. The lowest BCUT2D eigenvalue weighted by atomic mass is 10.2. The zero-order valence-electron chi connectivity index (χ0n) is 11.8. The van der Waals surface area contributed by atoms with Crippen LogP contribution in [0.25, 0.3) is 0 Å². The molecule has 0 saturated carbocycles. The van der Waals surface area contributed by atoms with Gasteiger partial charge in [0.1, 0.15) is 5.75 Å². The third kappa shape index (κ3) is 5.18. The summed E-state index contributed by atoms with van der Waals surface area (Å²) in [5.74, 6) is 0.427. The number of amides is 1. The SMILES string of the molecule is CNC(=O)COc1ccc(S(=O)(=O)NCC(C)C)cc1. The minimum absolute atomic E-state index is 0.103. The lowest BCUT2D eigenvalue weighted by Gasteiger charge is -2.10. The van der Waals surface area contributed by atoms with Crippen LogP contribution >= 0.6 is 0 Å². The third-order valence-electron chi connectivity index (χ3n) is 2.46. The van der Waals surface area contributed by atoms with Crippen molar-refractivity contribution < 1.29 is 17.9 Å². The number of carbonyl (C=O) groups excluding carboxylic acids is 1. The summed E-state index contributed by atoms with van der Waals surface area (Å²) < 4.78 is 31.6. The van der Waals surface area contributed by atoms with Crippen molar-refractivity contribution in [3.63, 3.8) is 0 Å². The molecular weight excluding hydrogens is 280 g/mol. The summed E-state index contributed by atoms with van der Waals surface area (Å²) in [6.07, 6.45) is 0. The Labute approximate surface area is 119 Å². The van der Waals surface area contributed by atoms with Gasteiger partial charge >= 0.3 is 0 Å². The monoisotopic (exact) mass is 300 g/mol. The summed E-state index contributed by atoms with van der Waals surface area (Å²) in [7, 11) is -1.98. The molecule has 0 heterocycles. The molecule has 0 saturated heterocycles. The van der Waals surface area contributed by atoms with Crippen LogP contribution in [-0.4, -0.2) is 34.5 Å². The Morgan fingerprint density at radius 2 is 1.85 bits per heavy atom. The van der Waals surface area contributed by atoms with Crippen molar-refractivity contribution in [2.45, 2.75) is 18.7 Å². The number of hydrogen-bond acceptors (Lipinski definition) is 4. The summed E-state index contributed by atoms with van der Waals surface area (Å²) >= 11 is 0. The molecule has 0 spiro atoms. The minimum Gasteiger partial charge on any atom is -0.484 e. The van der Waals surface area contributed by atoms with Crippen molar-refractivity contribution in [2.24, 2.45) is 5.92 Å². The number of rotatable bonds is 7. The largest absolute Gasteiger partial charge is 0.484 e. The standard InChI is InChI=1S/C13H20N2O4S/c1-10(2)8-15-20(17,18)12-6-4-11(5-7-12)19-9-13(16)14-3/h4-7,10,15H,8-9H2,1-3H3,(H,14,16).